The third kappa shape index (κ3) is 3.05. The van der Waals surface area contributed by atoms with Crippen molar-refractivity contribution in [2.24, 2.45) is 0 Å². The van der Waals surface area contributed by atoms with Gasteiger partial charge in [-0.25, -0.2) is 4.79 Å². The molecule has 22 heavy (non-hydrogen) atoms. The van der Waals surface area contributed by atoms with Crippen molar-refractivity contribution in [1.82, 2.24) is 4.90 Å². The number of carboxylic acids is 1. The van der Waals surface area contributed by atoms with Gasteiger partial charge in [0.25, 0.3) is 0 Å². The predicted molar refractivity (Wildman–Crippen MR) is 83.5 cm³/mol. The molecule has 1 unspecified atom stereocenters. The number of carbonyl (C=O) groups excluding carboxylic acids is 1. The normalized spacial score (nSPS) is 20.7. The second-order valence-electron chi connectivity index (χ2n) is 5.05. The Morgan fingerprint density at radius 1 is 1.41 bits per heavy atom. The molecule has 1 atom stereocenters. The van der Waals surface area contributed by atoms with E-state index in [4.69, 9.17) is 27.9 Å². The fraction of sp³-hybridized carbons (Fsp3) is 0.333. The summed E-state index contributed by atoms with van der Waals surface area (Å²) in [5.74, 6) is -1.01. The first-order chi connectivity index (χ1) is 10.4. The van der Waals surface area contributed by atoms with Crippen molar-refractivity contribution < 1.29 is 19.4 Å². The number of nitrogens with zero attached hydrogens (tertiary/aromatic N) is 1. The summed E-state index contributed by atoms with van der Waals surface area (Å²) >= 11 is 11.9. The van der Waals surface area contributed by atoms with E-state index in [1.165, 1.54) is 17.0 Å². The van der Waals surface area contributed by atoms with Gasteiger partial charge in [0.1, 0.15) is 12.0 Å². The van der Waals surface area contributed by atoms with Gasteiger partial charge in [0.2, 0.25) is 0 Å². The van der Waals surface area contributed by atoms with Crippen molar-refractivity contribution in [2.45, 2.75) is 11.8 Å². The lowest BCUT2D eigenvalue weighted by Gasteiger charge is -2.25. The molecular weight excluding hydrogens is 329 g/mol. The summed E-state index contributed by atoms with van der Waals surface area (Å²) in [5, 5.41) is 10.3. The lowest BCUT2D eigenvalue weighted by molar-refractivity contribution is -0.143. The quantitative estimate of drug-likeness (QED) is 0.851. The highest BCUT2D eigenvalue weighted by atomic mass is 35.5. The molecule has 0 spiro atoms. The maximum absolute atomic E-state index is 11.9. The van der Waals surface area contributed by atoms with Crippen LogP contribution in [-0.4, -0.2) is 41.8 Å². The van der Waals surface area contributed by atoms with Gasteiger partial charge >= 0.3 is 12.1 Å². The van der Waals surface area contributed by atoms with Gasteiger partial charge < -0.3 is 14.7 Å². The number of hydrogen-bond acceptors (Lipinski definition) is 3. The van der Waals surface area contributed by atoms with Crippen LogP contribution in [0.2, 0.25) is 10.0 Å². The molecule has 1 aromatic carbocycles. The van der Waals surface area contributed by atoms with E-state index in [-0.39, 0.29) is 24.6 Å². The minimum Gasteiger partial charge on any atom is -0.481 e. The van der Waals surface area contributed by atoms with Crippen LogP contribution in [0.3, 0.4) is 0 Å². The van der Waals surface area contributed by atoms with Gasteiger partial charge in [-0.3, -0.25) is 4.79 Å². The van der Waals surface area contributed by atoms with E-state index in [0.29, 0.717) is 17.1 Å². The Morgan fingerprint density at radius 2 is 2.14 bits per heavy atom. The average Bonchev–Trinajstić information content (AvgIpc) is 2.94. The van der Waals surface area contributed by atoms with Crippen LogP contribution in [0.15, 0.2) is 30.9 Å². The monoisotopic (exact) mass is 343 g/mol. The molecule has 1 fully saturated rings. The lowest BCUT2D eigenvalue weighted by Crippen LogP contribution is -2.40. The van der Waals surface area contributed by atoms with Gasteiger partial charge in [-0.15, -0.1) is 0 Å². The summed E-state index contributed by atoms with van der Waals surface area (Å²) in [4.78, 5) is 25.1. The number of amides is 1. The summed E-state index contributed by atoms with van der Waals surface area (Å²) in [6.07, 6.45) is 1.18. The number of likely N-dealkylation sites (tertiary alicyclic amines) is 1. The topological polar surface area (TPSA) is 66.8 Å². The van der Waals surface area contributed by atoms with Crippen molar-refractivity contribution in [3.05, 3.63) is 46.5 Å². The molecule has 0 saturated carbocycles. The van der Waals surface area contributed by atoms with Crippen LogP contribution in [-0.2, 0) is 14.9 Å². The van der Waals surface area contributed by atoms with Gasteiger partial charge in [-0.05, 0) is 24.1 Å². The molecule has 0 radical (unpaired) electrons. The zero-order valence-electron chi connectivity index (χ0n) is 11.7. The van der Waals surface area contributed by atoms with Crippen molar-refractivity contribution in [3.63, 3.8) is 0 Å². The molecule has 7 heteroatoms. The van der Waals surface area contributed by atoms with E-state index in [1.54, 1.807) is 12.1 Å². The van der Waals surface area contributed by atoms with Gasteiger partial charge in [-0.2, -0.15) is 0 Å². The molecule has 0 aliphatic carbocycles. The molecule has 1 heterocycles. The Balaban J connectivity index is 2.28. The summed E-state index contributed by atoms with van der Waals surface area (Å²) in [6, 6.07) is 4.72. The lowest BCUT2D eigenvalue weighted by atomic mass is 9.80. The molecule has 5 nitrogen and oxygen atoms in total. The Bertz CT molecular complexity index is 620. The third-order valence-corrected chi connectivity index (χ3v) is 4.47. The van der Waals surface area contributed by atoms with Crippen LogP contribution < -0.4 is 0 Å². The van der Waals surface area contributed by atoms with E-state index >= 15 is 0 Å². The molecule has 1 aromatic rings. The molecule has 0 bridgehead atoms. The Kier molecular flexibility index (Phi) is 4.98. The third-order valence-electron chi connectivity index (χ3n) is 3.73. The maximum atomic E-state index is 11.9. The van der Waals surface area contributed by atoms with E-state index in [0.717, 1.165) is 0 Å². The fourth-order valence-electron chi connectivity index (χ4n) is 2.51. The highest BCUT2D eigenvalue weighted by molar-refractivity contribution is 6.42. The molecule has 0 aromatic heterocycles. The molecular formula is C15H15Cl2NO4. The van der Waals surface area contributed by atoms with E-state index in [2.05, 4.69) is 6.58 Å². The van der Waals surface area contributed by atoms with Crippen LogP contribution in [0.25, 0.3) is 0 Å². The standard InChI is InChI=1S/C15H15Cl2NO4/c1-2-7-22-14(21)18-6-5-15(9-18,13(19)20)10-3-4-11(16)12(17)8-10/h2-4,8H,1,5-7,9H2,(H,19,20). The van der Waals surface area contributed by atoms with Crippen molar-refractivity contribution in [3.8, 4) is 0 Å². The minimum absolute atomic E-state index is 0.0241. The second kappa shape index (κ2) is 6.58. The van der Waals surface area contributed by atoms with Gasteiger partial charge in [0, 0.05) is 13.1 Å². The Hall–Kier alpha value is -1.72. The number of hydrogen-bond donors (Lipinski definition) is 1. The summed E-state index contributed by atoms with van der Waals surface area (Å²) in [7, 11) is 0. The molecule has 1 saturated heterocycles. The maximum Gasteiger partial charge on any atom is 0.410 e. The number of rotatable bonds is 4. The number of aliphatic carboxylic acids is 1. The molecule has 1 aliphatic heterocycles. The van der Waals surface area contributed by atoms with E-state index in [1.807, 2.05) is 0 Å². The Labute approximate surface area is 138 Å². The number of carbonyl (C=O) groups is 2. The molecule has 1 N–H and O–H groups in total. The SMILES string of the molecule is C=CCOC(=O)N1CCC(C(=O)O)(c2ccc(Cl)c(Cl)c2)C1. The number of halogens is 2. The molecule has 1 amide bonds. The van der Waals surface area contributed by atoms with E-state index < -0.39 is 17.5 Å². The van der Waals surface area contributed by atoms with Crippen LogP contribution in [0.1, 0.15) is 12.0 Å². The minimum atomic E-state index is -1.21. The number of carboxylic acid groups (broad SMARTS) is 1. The van der Waals surface area contributed by atoms with Gasteiger partial charge in [0.05, 0.1) is 10.0 Å². The first-order valence-corrected chi connectivity index (χ1v) is 7.38. The molecule has 1 aliphatic rings. The van der Waals surface area contributed by atoms with Crippen molar-refractivity contribution in [2.75, 3.05) is 19.7 Å². The molecule has 118 valence electrons. The zero-order valence-corrected chi connectivity index (χ0v) is 13.2. The smallest absolute Gasteiger partial charge is 0.410 e. The number of ether oxygens (including phenoxy) is 1. The van der Waals surface area contributed by atoms with Crippen LogP contribution in [0.4, 0.5) is 4.79 Å². The van der Waals surface area contributed by atoms with Crippen LogP contribution in [0, 0.1) is 0 Å². The van der Waals surface area contributed by atoms with Gasteiger partial charge in [0.15, 0.2) is 0 Å². The highest BCUT2D eigenvalue weighted by Crippen LogP contribution is 2.37. The Morgan fingerprint density at radius 3 is 2.73 bits per heavy atom. The highest BCUT2D eigenvalue weighted by Gasteiger charge is 2.48. The summed E-state index contributed by atoms with van der Waals surface area (Å²) in [5.41, 5.74) is -0.685. The molecule has 2 rings (SSSR count). The predicted octanol–water partition coefficient (Wildman–Crippen LogP) is 3.34. The van der Waals surface area contributed by atoms with Crippen LogP contribution >= 0.6 is 23.2 Å². The summed E-state index contributed by atoms with van der Waals surface area (Å²) < 4.78 is 4.96. The van der Waals surface area contributed by atoms with Crippen LogP contribution in [0.5, 0.6) is 0 Å². The first kappa shape index (κ1) is 16.6. The summed E-state index contributed by atoms with van der Waals surface area (Å²) in [6.45, 7) is 3.87. The zero-order chi connectivity index (χ0) is 16.3. The van der Waals surface area contributed by atoms with Crippen molar-refractivity contribution >= 4 is 35.3 Å². The van der Waals surface area contributed by atoms with E-state index in [9.17, 15) is 14.7 Å². The average molecular weight is 344 g/mol. The second-order valence-corrected chi connectivity index (χ2v) is 5.87. The van der Waals surface area contributed by atoms with Gasteiger partial charge in [-0.1, -0.05) is 41.9 Å². The van der Waals surface area contributed by atoms with Crippen molar-refractivity contribution in [1.29, 1.82) is 0 Å². The first-order valence-electron chi connectivity index (χ1n) is 6.62. The number of benzene rings is 1. The largest absolute Gasteiger partial charge is 0.481 e. The fourth-order valence-corrected chi connectivity index (χ4v) is 2.81.